The first-order valence-corrected chi connectivity index (χ1v) is 8.82. The van der Waals surface area contributed by atoms with Gasteiger partial charge in [0.15, 0.2) is 5.60 Å². The maximum atomic E-state index is 12.8. The van der Waals surface area contributed by atoms with Gasteiger partial charge in [-0.05, 0) is 5.56 Å². The zero-order valence-electron chi connectivity index (χ0n) is 13.8. The molecule has 0 saturated heterocycles. The number of nitrogens with one attached hydrogen (secondary N) is 1. The zero-order valence-corrected chi connectivity index (χ0v) is 14.6. The fraction of sp³-hybridized carbons (Fsp3) is 0.176. The van der Waals surface area contributed by atoms with Crippen LogP contribution in [0.1, 0.15) is 15.9 Å². The molecule has 26 heavy (non-hydrogen) atoms. The molecular formula is C17H17NO7S. The molecule has 0 aliphatic rings. The van der Waals surface area contributed by atoms with Crippen molar-refractivity contribution >= 4 is 22.2 Å². The van der Waals surface area contributed by atoms with Gasteiger partial charge >= 0.3 is 16.4 Å². The summed E-state index contributed by atoms with van der Waals surface area (Å²) in [4.78, 5) is 23.9. The predicted octanol–water partition coefficient (Wildman–Crippen LogP) is 1.37. The quantitative estimate of drug-likeness (QED) is 0.698. The number of aliphatic hydroxyl groups is 1. The molecule has 0 aliphatic heterocycles. The number of amides is 1. The third-order valence-corrected chi connectivity index (χ3v) is 4.32. The van der Waals surface area contributed by atoms with Gasteiger partial charge in [-0.3, -0.25) is 4.79 Å². The van der Waals surface area contributed by atoms with Crippen molar-refractivity contribution in [1.29, 1.82) is 0 Å². The SMILES string of the molecule is COC(=O)NS(=O)(=O)OCC(O)(C(=O)c1ccccc1)c1ccccc1. The number of hydrogen-bond donors (Lipinski definition) is 2. The molecule has 2 aromatic carbocycles. The average Bonchev–Trinajstić information content (AvgIpc) is 2.66. The number of carbonyl (C=O) groups excluding carboxylic acids is 2. The fourth-order valence-electron chi connectivity index (χ4n) is 2.16. The van der Waals surface area contributed by atoms with E-state index in [9.17, 15) is 23.1 Å². The Morgan fingerprint density at radius 3 is 2.12 bits per heavy atom. The highest BCUT2D eigenvalue weighted by Gasteiger charge is 2.40. The molecule has 0 aliphatic carbocycles. The molecule has 0 heterocycles. The fourth-order valence-corrected chi connectivity index (χ4v) is 2.83. The molecule has 0 radical (unpaired) electrons. The molecular weight excluding hydrogens is 362 g/mol. The molecule has 0 saturated carbocycles. The van der Waals surface area contributed by atoms with Crippen molar-refractivity contribution in [3.8, 4) is 0 Å². The maximum Gasteiger partial charge on any atom is 0.422 e. The van der Waals surface area contributed by atoms with Crippen molar-refractivity contribution in [2.45, 2.75) is 5.60 Å². The lowest BCUT2D eigenvalue weighted by molar-refractivity contribution is 0.00379. The van der Waals surface area contributed by atoms with Gasteiger partial charge in [0.2, 0.25) is 5.78 Å². The summed E-state index contributed by atoms with van der Waals surface area (Å²) in [6, 6.07) is 15.6. The Balaban J connectivity index is 2.34. The normalized spacial score (nSPS) is 13.5. The van der Waals surface area contributed by atoms with E-state index in [1.165, 1.54) is 29.0 Å². The predicted molar refractivity (Wildman–Crippen MR) is 91.5 cm³/mol. The lowest BCUT2D eigenvalue weighted by atomic mass is 9.86. The number of rotatable bonds is 7. The Morgan fingerprint density at radius 2 is 1.58 bits per heavy atom. The summed E-state index contributed by atoms with van der Waals surface area (Å²) in [5, 5.41) is 11.0. The second-order valence-corrected chi connectivity index (χ2v) is 6.58. The van der Waals surface area contributed by atoms with Gasteiger partial charge < -0.3 is 9.84 Å². The van der Waals surface area contributed by atoms with E-state index >= 15 is 0 Å². The smallest absolute Gasteiger partial charge is 0.422 e. The highest BCUT2D eigenvalue weighted by Crippen LogP contribution is 2.27. The second kappa shape index (κ2) is 8.09. The number of ketones is 1. The number of methoxy groups -OCH3 is 1. The van der Waals surface area contributed by atoms with Crippen LogP contribution < -0.4 is 4.72 Å². The Kier molecular flexibility index (Phi) is 6.09. The maximum absolute atomic E-state index is 12.8. The Bertz CT molecular complexity index is 868. The topological polar surface area (TPSA) is 119 Å². The molecule has 1 atom stereocenters. The molecule has 9 heteroatoms. The Morgan fingerprint density at radius 1 is 1.04 bits per heavy atom. The minimum absolute atomic E-state index is 0.141. The molecule has 0 aromatic heterocycles. The summed E-state index contributed by atoms with van der Waals surface area (Å²) in [5.74, 6) is -0.752. The van der Waals surface area contributed by atoms with Gasteiger partial charge in [0.1, 0.15) is 6.61 Å². The van der Waals surface area contributed by atoms with Gasteiger partial charge in [-0.25, -0.2) is 8.98 Å². The Labute approximate surface area is 150 Å². The first-order valence-electron chi connectivity index (χ1n) is 7.41. The lowest BCUT2D eigenvalue weighted by Gasteiger charge is -2.26. The van der Waals surface area contributed by atoms with Crippen molar-refractivity contribution < 1.29 is 32.0 Å². The van der Waals surface area contributed by atoms with E-state index in [1.807, 2.05) is 0 Å². The minimum atomic E-state index is -4.59. The van der Waals surface area contributed by atoms with Crippen LogP contribution in [0.5, 0.6) is 0 Å². The van der Waals surface area contributed by atoms with Gasteiger partial charge in [-0.1, -0.05) is 60.7 Å². The van der Waals surface area contributed by atoms with E-state index in [-0.39, 0.29) is 11.1 Å². The molecule has 0 fully saturated rings. The molecule has 138 valence electrons. The number of Topliss-reactive ketones (excluding diaryl/α,β-unsaturated/α-hetero) is 1. The summed E-state index contributed by atoms with van der Waals surface area (Å²) in [6.07, 6.45) is -1.26. The number of carbonyl (C=O) groups is 2. The molecule has 2 N–H and O–H groups in total. The van der Waals surface area contributed by atoms with Crippen LogP contribution >= 0.6 is 0 Å². The van der Waals surface area contributed by atoms with Crippen molar-refractivity contribution in [2.75, 3.05) is 13.7 Å². The zero-order chi connectivity index (χ0) is 19.2. The molecule has 2 aromatic rings. The van der Waals surface area contributed by atoms with E-state index in [4.69, 9.17) is 0 Å². The average molecular weight is 379 g/mol. The number of benzene rings is 2. The van der Waals surface area contributed by atoms with E-state index < -0.39 is 34.4 Å². The number of hydrogen-bond acceptors (Lipinski definition) is 7. The Hall–Kier alpha value is -2.75. The largest absolute Gasteiger partial charge is 0.452 e. The second-order valence-electron chi connectivity index (χ2n) is 5.23. The van der Waals surface area contributed by atoms with Crippen molar-refractivity contribution in [3.63, 3.8) is 0 Å². The molecule has 8 nitrogen and oxygen atoms in total. The van der Waals surface area contributed by atoms with Crippen LogP contribution in [-0.4, -0.2) is 39.1 Å². The third kappa shape index (κ3) is 4.66. The third-order valence-electron chi connectivity index (χ3n) is 3.48. The highest BCUT2D eigenvalue weighted by atomic mass is 32.2. The van der Waals surface area contributed by atoms with E-state index in [0.29, 0.717) is 0 Å². The van der Waals surface area contributed by atoms with Crippen LogP contribution in [0, 0.1) is 0 Å². The van der Waals surface area contributed by atoms with Crippen LogP contribution in [0.25, 0.3) is 0 Å². The van der Waals surface area contributed by atoms with Crippen LogP contribution in [0.2, 0.25) is 0 Å². The van der Waals surface area contributed by atoms with Gasteiger partial charge in [-0.15, -0.1) is 0 Å². The summed E-state index contributed by atoms with van der Waals surface area (Å²) in [7, 11) is -3.61. The van der Waals surface area contributed by atoms with Crippen molar-refractivity contribution in [1.82, 2.24) is 4.72 Å². The van der Waals surface area contributed by atoms with Gasteiger partial charge in [-0.2, -0.15) is 13.1 Å². The summed E-state index contributed by atoms with van der Waals surface area (Å²) in [6.45, 7) is -0.933. The van der Waals surface area contributed by atoms with Crippen LogP contribution in [-0.2, 0) is 24.8 Å². The van der Waals surface area contributed by atoms with Crippen molar-refractivity contribution in [2.24, 2.45) is 0 Å². The molecule has 1 amide bonds. The van der Waals surface area contributed by atoms with Crippen LogP contribution in [0.15, 0.2) is 60.7 Å². The van der Waals surface area contributed by atoms with E-state index in [0.717, 1.165) is 7.11 Å². The van der Waals surface area contributed by atoms with Gasteiger partial charge in [0, 0.05) is 5.56 Å². The summed E-state index contributed by atoms with van der Waals surface area (Å²) >= 11 is 0. The van der Waals surface area contributed by atoms with Crippen LogP contribution in [0.4, 0.5) is 4.79 Å². The van der Waals surface area contributed by atoms with Gasteiger partial charge in [0.25, 0.3) is 0 Å². The molecule has 1 unspecified atom stereocenters. The van der Waals surface area contributed by atoms with Crippen molar-refractivity contribution in [3.05, 3.63) is 71.8 Å². The first-order chi connectivity index (χ1) is 12.3. The minimum Gasteiger partial charge on any atom is -0.452 e. The molecule has 0 bridgehead atoms. The van der Waals surface area contributed by atoms with E-state index in [2.05, 4.69) is 8.92 Å². The molecule has 0 spiro atoms. The van der Waals surface area contributed by atoms with Crippen LogP contribution in [0.3, 0.4) is 0 Å². The monoisotopic (exact) mass is 379 g/mol. The summed E-state index contributed by atoms with van der Waals surface area (Å²) < 4.78 is 33.9. The van der Waals surface area contributed by atoms with Gasteiger partial charge in [0.05, 0.1) is 7.11 Å². The highest BCUT2D eigenvalue weighted by molar-refractivity contribution is 7.85. The summed E-state index contributed by atoms with van der Waals surface area (Å²) in [5.41, 5.74) is -1.98. The lowest BCUT2D eigenvalue weighted by Crippen LogP contribution is -2.43. The van der Waals surface area contributed by atoms with E-state index in [1.54, 1.807) is 36.4 Å². The molecule has 2 rings (SSSR count). The number of ether oxygens (including phenoxy) is 1. The first kappa shape index (κ1) is 19.6. The standard InChI is InChI=1S/C17H17NO7S/c1-24-16(20)18-26(22,23)25-12-17(21,14-10-6-3-7-11-14)15(19)13-8-4-2-5-9-13/h2-11,21H,12H2,1H3,(H,18,20).